The fraction of sp³-hybridized carbons (Fsp3) is 0.235. The van der Waals surface area contributed by atoms with Crippen molar-refractivity contribution in [3.8, 4) is 0 Å². The van der Waals surface area contributed by atoms with E-state index in [1.54, 1.807) is 0 Å². The Labute approximate surface area is 145 Å². The molecule has 0 amide bonds. The molecule has 1 aromatic heterocycles. The van der Waals surface area contributed by atoms with Gasteiger partial charge in [-0.2, -0.15) is 10.2 Å². The standard InChI is InChI=1S/C17H16Cl2N4/c1-10-7-11(2)23(22-10)17-9-13(12(3)20-21-17)8-14-15(18)5-4-6-16(14)19/h4-8H,9H2,1-3H3/b13-8+. The first kappa shape index (κ1) is 16.0. The van der Waals surface area contributed by atoms with E-state index in [0.29, 0.717) is 16.5 Å². The third-order valence-corrected chi connectivity index (χ3v) is 4.36. The average Bonchev–Trinajstić information content (AvgIpc) is 2.83. The Kier molecular flexibility index (Phi) is 4.37. The zero-order chi connectivity index (χ0) is 16.6. The summed E-state index contributed by atoms with van der Waals surface area (Å²) in [5.74, 6) is 0.788. The quantitative estimate of drug-likeness (QED) is 0.722. The van der Waals surface area contributed by atoms with E-state index in [2.05, 4.69) is 15.3 Å². The second-order valence-corrected chi connectivity index (χ2v) is 6.34. The molecular formula is C17H16Cl2N4. The van der Waals surface area contributed by atoms with Crippen LogP contribution in [-0.2, 0) is 0 Å². The van der Waals surface area contributed by atoms with E-state index in [9.17, 15) is 0 Å². The summed E-state index contributed by atoms with van der Waals surface area (Å²) in [6.07, 6.45) is 2.60. The summed E-state index contributed by atoms with van der Waals surface area (Å²) in [5.41, 5.74) is 4.67. The van der Waals surface area contributed by atoms with Crippen molar-refractivity contribution in [2.75, 3.05) is 0 Å². The van der Waals surface area contributed by atoms with Gasteiger partial charge < -0.3 is 0 Å². The number of benzene rings is 1. The number of aromatic nitrogens is 2. The van der Waals surface area contributed by atoms with Gasteiger partial charge in [-0.25, -0.2) is 4.68 Å². The lowest BCUT2D eigenvalue weighted by molar-refractivity contribution is 0.849. The van der Waals surface area contributed by atoms with Crippen molar-refractivity contribution < 1.29 is 0 Å². The lowest BCUT2D eigenvalue weighted by Crippen LogP contribution is -2.20. The largest absolute Gasteiger partial charge is 0.221 e. The van der Waals surface area contributed by atoms with Gasteiger partial charge in [-0.05, 0) is 50.6 Å². The molecule has 1 aliphatic rings. The van der Waals surface area contributed by atoms with Gasteiger partial charge in [0.25, 0.3) is 0 Å². The summed E-state index contributed by atoms with van der Waals surface area (Å²) in [7, 11) is 0. The van der Waals surface area contributed by atoms with Gasteiger partial charge in [0.1, 0.15) is 0 Å². The molecule has 0 N–H and O–H groups in total. The molecule has 0 saturated heterocycles. The molecule has 118 valence electrons. The Morgan fingerprint density at radius 3 is 2.39 bits per heavy atom. The van der Waals surface area contributed by atoms with Gasteiger partial charge in [0.15, 0.2) is 5.84 Å². The van der Waals surface area contributed by atoms with Gasteiger partial charge in [0.2, 0.25) is 0 Å². The van der Waals surface area contributed by atoms with E-state index in [1.165, 1.54) is 0 Å². The maximum Gasteiger partial charge on any atom is 0.157 e. The summed E-state index contributed by atoms with van der Waals surface area (Å²) in [5, 5.41) is 14.3. The molecule has 2 heterocycles. The van der Waals surface area contributed by atoms with Crippen molar-refractivity contribution in [3.05, 3.63) is 56.8 Å². The predicted molar refractivity (Wildman–Crippen MR) is 96.7 cm³/mol. The number of aryl methyl sites for hydroxylation is 2. The van der Waals surface area contributed by atoms with Gasteiger partial charge in [-0.15, -0.1) is 5.10 Å². The highest BCUT2D eigenvalue weighted by molar-refractivity contribution is 6.37. The molecule has 2 aromatic rings. The summed E-state index contributed by atoms with van der Waals surface area (Å²) < 4.78 is 1.83. The van der Waals surface area contributed by atoms with Crippen molar-refractivity contribution in [2.24, 2.45) is 10.2 Å². The Bertz CT molecular complexity index is 839. The Hall–Kier alpha value is -1.91. The van der Waals surface area contributed by atoms with Crippen molar-refractivity contribution in [1.29, 1.82) is 0 Å². The highest BCUT2D eigenvalue weighted by Crippen LogP contribution is 2.28. The first-order chi connectivity index (χ1) is 11.0. The minimum atomic E-state index is 0.618. The van der Waals surface area contributed by atoms with Gasteiger partial charge in [-0.3, -0.25) is 0 Å². The van der Waals surface area contributed by atoms with Gasteiger partial charge in [-0.1, -0.05) is 29.3 Å². The molecule has 6 heteroatoms. The molecule has 0 spiro atoms. The SMILES string of the molecule is CC1=NN=C(n2nc(C)cc2C)C/C1=C\c1c(Cl)cccc1Cl. The number of hydrogen-bond donors (Lipinski definition) is 0. The van der Waals surface area contributed by atoms with Gasteiger partial charge in [0, 0.05) is 27.7 Å². The van der Waals surface area contributed by atoms with Crippen LogP contribution in [0.15, 0.2) is 40.0 Å². The predicted octanol–water partition coefficient (Wildman–Crippen LogP) is 4.92. The Morgan fingerprint density at radius 2 is 1.78 bits per heavy atom. The molecule has 1 aromatic carbocycles. The molecule has 4 nitrogen and oxygen atoms in total. The first-order valence-corrected chi connectivity index (χ1v) is 8.01. The zero-order valence-corrected chi connectivity index (χ0v) is 14.7. The molecule has 0 aliphatic carbocycles. The van der Waals surface area contributed by atoms with E-state index < -0.39 is 0 Å². The molecule has 0 atom stereocenters. The molecular weight excluding hydrogens is 331 g/mol. The van der Waals surface area contributed by atoms with Crippen LogP contribution in [0, 0.1) is 13.8 Å². The van der Waals surface area contributed by atoms with E-state index in [-0.39, 0.29) is 0 Å². The summed E-state index contributed by atoms with van der Waals surface area (Å²) in [4.78, 5) is 0. The third kappa shape index (κ3) is 3.23. The fourth-order valence-corrected chi connectivity index (χ4v) is 3.02. The topological polar surface area (TPSA) is 42.5 Å². The van der Waals surface area contributed by atoms with Crippen LogP contribution in [-0.4, -0.2) is 21.3 Å². The van der Waals surface area contributed by atoms with Crippen molar-refractivity contribution >= 4 is 40.8 Å². The second kappa shape index (κ2) is 6.30. The molecule has 0 radical (unpaired) electrons. The van der Waals surface area contributed by atoms with Crippen molar-refractivity contribution in [3.63, 3.8) is 0 Å². The van der Waals surface area contributed by atoms with E-state index in [1.807, 2.05) is 55.8 Å². The zero-order valence-electron chi connectivity index (χ0n) is 13.1. The Morgan fingerprint density at radius 1 is 1.09 bits per heavy atom. The smallest absolute Gasteiger partial charge is 0.157 e. The average molecular weight is 347 g/mol. The summed E-state index contributed by atoms with van der Waals surface area (Å²) in [6.45, 7) is 5.89. The number of nitrogens with zero attached hydrogens (tertiary/aromatic N) is 4. The van der Waals surface area contributed by atoms with Crippen LogP contribution in [0.3, 0.4) is 0 Å². The van der Waals surface area contributed by atoms with E-state index in [4.69, 9.17) is 23.2 Å². The van der Waals surface area contributed by atoms with Crippen LogP contribution >= 0.6 is 23.2 Å². The minimum Gasteiger partial charge on any atom is -0.221 e. The molecule has 0 bridgehead atoms. The van der Waals surface area contributed by atoms with Crippen LogP contribution in [0.2, 0.25) is 10.0 Å². The van der Waals surface area contributed by atoms with Crippen LogP contribution < -0.4 is 0 Å². The maximum absolute atomic E-state index is 6.26. The minimum absolute atomic E-state index is 0.618. The second-order valence-electron chi connectivity index (χ2n) is 5.52. The first-order valence-electron chi connectivity index (χ1n) is 7.25. The maximum atomic E-state index is 6.26. The highest BCUT2D eigenvalue weighted by atomic mass is 35.5. The molecule has 23 heavy (non-hydrogen) atoms. The summed E-state index contributed by atoms with van der Waals surface area (Å²) >= 11 is 12.5. The molecule has 3 rings (SSSR count). The molecule has 0 saturated carbocycles. The molecule has 0 unspecified atom stereocenters. The van der Waals surface area contributed by atoms with Crippen LogP contribution in [0.4, 0.5) is 0 Å². The fourth-order valence-electron chi connectivity index (χ4n) is 2.52. The number of hydrogen-bond acceptors (Lipinski definition) is 3. The van der Waals surface area contributed by atoms with Crippen molar-refractivity contribution in [1.82, 2.24) is 9.78 Å². The lowest BCUT2D eigenvalue weighted by Gasteiger charge is -2.15. The molecule has 1 aliphatic heterocycles. The third-order valence-electron chi connectivity index (χ3n) is 3.70. The Balaban J connectivity index is 2.00. The number of halogens is 2. The van der Waals surface area contributed by atoms with Crippen LogP contribution in [0.5, 0.6) is 0 Å². The summed E-state index contributed by atoms with van der Waals surface area (Å²) in [6, 6.07) is 7.50. The van der Waals surface area contributed by atoms with E-state index >= 15 is 0 Å². The molecule has 0 fully saturated rings. The monoisotopic (exact) mass is 346 g/mol. The van der Waals surface area contributed by atoms with Gasteiger partial charge in [0.05, 0.1) is 11.4 Å². The number of rotatable bonds is 1. The number of allylic oxidation sites excluding steroid dienone is 1. The highest BCUT2D eigenvalue weighted by Gasteiger charge is 2.17. The van der Waals surface area contributed by atoms with Gasteiger partial charge >= 0.3 is 0 Å². The normalized spacial score (nSPS) is 16.5. The van der Waals surface area contributed by atoms with Crippen LogP contribution in [0.25, 0.3) is 6.08 Å². The van der Waals surface area contributed by atoms with Crippen LogP contribution in [0.1, 0.15) is 30.3 Å². The lowest BCUT2D eigenvalue weighted by atomic mass is 10.0. The van der Waals surface area contributed by atoms with E-state index in [0.717, 1.165) is 34.1 Å². The van der Waals surface area contributed by atoms with Crippen molar-refractivity contribution in [2.45, 2.75) is 27.2 Å².